The molecular formula is C13H24BrNO5. The molecule has 0 saturated carbocycles. The lowest BCUT2D eigenvalue weighted by Crippen LogP contribution is -2.28. The van der Waals surface area contributed by atoms with E-state index in [9.17, 15) is 9.59 Å². The molecule has 0 fully saturated rings. The van der Waals surface area contributed by atoms with Gasteiger partial charge in [-0.3, -0.25) is 9.59 Å². The van der Waals surface area contributed by atoms with Gasteiger partial charge in [0.1, 0.15) is 5.60 Å². The zero-order chi connectivity index (χ0) is 15.4. The van der Waals surface area contributed by atoms with Crippen LogP contribution in [0.15, 0.2) is 0 Å². The second-order valence-electron chi connectivity index (χ2n) is 5.04. The van der Waals surface area contributed by atoms with E-state index in [1.54, 1.807) is 0 Å². The standard InChI is InChI=1S/C13H24BrNO5/c1-13(2,3)20-12(17)4-6-18-8-9-19-7-5-15-11(16)10-14/h4-10H2,1-3H3,(H,15,16). The van der Waals surface area contributed by atoms with Crippen molar-refractivity contribution in [2.75, 3.05) is 38.3 Å². The maximum absolute atomic E-state index is 11.3. The van der Waals surface area contributed by atoms with E-state index in [-0.39, 0.29) is 18.3 Å². The molecule has 0 aromatic carbocycles. The van der Waals surface area contributed by atoms with Crippen molar-refractivity contribution in [3.63, 3.8) is 0 Å². The number of ether oxygens (including phenoxy) is 3. The van der Waals surface area contributed by atoms with Gasteiger partial charge in [-0.15, -0.1) is 0 Å². The van der Waals surface area contributed by atoms with Gasteiger partial charge in [-0.25, -0.2) is 0 Å². The Labute approximate surface area is 128 Å². The Kier molecular flexibility index (Phi) is 10.7. The van der Waals surface area contributed by atoms with E-state index >= 15 is 0 Å². The van der Waals surface area contributed by atoms with Crippen LogP contribution < -0.4 is 5.32 Å². The summed E-state index contributed by atoms with van der Waals surface area (Å²) in [5.41, 5.74) is -0.459. The summed E-state index contributed by atoms with van der Waals surface area (Å²) in [5, 5.41) is 2.95. The number of alkyl halides is 1. The van der Waals surface area contributed by atoms with E-state index in [0.29, 0.717) is 38.3 Å². The van der Waals surface area contributed by atoms with Gasteiger partial charge >= 0.3 is 5.97 Å². The fourth-order valence-electron chi connectivity index (χ4n) is 1.18. The molecule has 0 bridgehead atoms. The predicted octanol–water partition coefficient (Wildman–Crippen LogP) is 1.26. The van der Waals surface area contributed by atoms with Gasteiger partial charge in [0.2, 0.25) is 5.91 Å². The van der Waals surface area contributed by atoms with Crippen molar-refractivity contribution < 1.29 is 23.8 Å². The molecule has 118 valence electrons. The van der Waals surface area contributed by atoms with Crippen LogP contribution in [0.3, 0.4) is 0 Å². The maximum Gasteiger partial charge on any atom is 0.308 e. The summed E-state index contributed by atoms with van der Waals surface area (Å²) in [7, 11) is 0. The van der Waals surface area contributed by atoms with Crippen LogP contribution in [0.4, 0.5) is 0 Å². The molecular weight excluding hydrogens is 330 g/mol. The highest BCUT2D eigenvalue weighted by Crippen LogP contribution is 2.07. The van der Waals surface area contributed by atoms with Gasteiger partial charge in [-0.1, -0.05) is 15.9 Å². The summed E-state index contributed by atoms with van der Waals surface area (Å²) in [5.74, 6) is -0.335. The Hall–Kier alpha value is -0.660. The number of carbonyl (C=O) groups excluding carboxylic acids is 2. The van der Waals surface area contributed by atoms with Crippen molar-refractivity contribution in [3.8, 4) is 0 Å². The fraction of sp³-hybridized carbons (Fsp3) is 0.846. The molecule has 20 heavy (non-hydrogen) atoms. The van der Waals surface area contributed by atoms with Crippen molar-refractivity contribution >= 4 is 27.8 Å². The van der Waals surface area contributed by atoms with Crippen molar-refractivity contribution in [1.82, 2.24) is 5.32 Å². The molecule has 0 spiro atoms. The largest absolute Gasteiger partial charge is 0.460 e. The normalized spacial score (nSPS) is 11.2. The van der Waals surface area contributed by atoms with Crippen LogP contribution in [0.25, 0.3) is 0 Å². The third-order valence-electron chi connectivity index (χ3n) is 1.93. The molecule has 0 atom stereocenters. The third kappa shape index (κ3) is 13.8. The second-order valence-corrected chi connectivity index (χ2v) is 5.61. The summed E-state index contributed by atoms with van der Waals surface area (Å²) < 4.78 is 15.6. The molecule has 0 aromatic heterocycles. The summed E-state index contributed by atoms with van der Waals surface area (Å²) in [4.78, 5) is 22.2. The number of carbonyl (C=O) groups is 2. The molecule has 7 heteroatoms. The maximum atomic E-state index is 11.3. The lowest BCUT2D eigenvalue weighted by molar-refractivity contribution is -0.156. The monoisotopic (exact) mass is 353 g/mol. The molecule has 0 unspecified atom stereocenters. The quantitative estimate of drug-likeness (QED) is 0.363. The first kappa shape index (κ1) is 19.3. The molecule has 0 aliphatic carbocycles. The van der Waals surface area contributed by atoms with E-state index in [4.69, 9.17) is 14.2 Å². The van der Waals surface area contributed by atoms with Gasteiger partial charge in [0.25, 0.3) is 0 Å². The molecule has 6 nitrogen and oxygen atoms in total. The summed E-state index contributed by atoms with van der Waals surface area (Å²) in [6.45, 7) is 7.55. The molecule has 1 N–H and O–H groups in total. The minimum atomic E-state index is -0.459. The van der Waals surface area contributed by atoms with Crippen LogP contribution in [0, 0.1) is 0 Å². The van der Waals surface area contributed by atoms with Gasteiger partial charge < -0.3 is 19.5 Å². The first-order valence-corrected chi connectivity index (χ1v) is 7.67. The minimum Gasteiger partial charge on any atom is -0.460 e. The number of esters is 1. The van der Waals surface area contributed by atoms with Crippen LogP contribution in [-0.2, 0) is 23.8 Å². The average molecular weight is 354 g/mol. The SMILES string of the molecule is CC(C)(C)OC(=O)CCOCCOCCNC(=O)CBr. The Morgan fingerprint density at radius 2 is 1.65 bits per heavy atom. The second kappa shape index (κ2) is 11.0. The van der Waals surface area contributed by atoms with Crippen LogP contribution in [0.2, 0.25) is 0 Å². The first-order valence-electron chi connectivity index (χ1n) is 6.55. The highest BCUT2D eigenvalue weighted by Gasteiger charge is 2.15. The van der Waals surface area contributed by atoms with E-state index in [2.05, 4.69) is 21.2 Å². The molecule has 1 amide bonds. The Morgan fingerprint density at radius 3 is 2.20 bits per heavy atom. The Morgan fingerprint density at radius 1 is 1.05 bits per heavy atom. The first-order chi connectivity index (χ1) is 9.35. The van der Waals surface area contributed by atoms with Crippen molar-refractivity contribution in [1.29, 1.82) is 0 Å². The zero-order valence-electron chi connectivity index (χ0n) is 12.4. The molecule has 0 aliphatic heterocycles. The lowest BCUT2D eigenvalue weighted by atomic mass is 10.2. The topological polar surface area (TPSA) is 73.9 Å². The lowest BCUT2D eigenvalue weighted by Gasteiger charge is -2.19. The molecule has 0 saturated heterocycles. The molecule has 0 aliphatic rings. The average Bonchev–Trinajstić information content (AvgIpc) is 2.34. The summed E-state index contributed by atoms with van der Waals surface area (Å²) in [6.07, 6.45) is 0.235. The number of rotatable bonds is 10. The van der Waals surface area contributed by atoms with E-state index < -0.39 is 5.60 Å². The van der Waals surface area contributed by atoms with E-state index in [1.807, 2.05) is 20.8 Å². The van der Waals surface area contributed by atoms with Crippen molar-refractivity contribution in [2.24, 2.45) is 0 Å². The fourth-order valence-corrected chi connectivity index (χ4v) is 1.38. The van der Waals surface area contributed by atoms with E-state index in [0.717, 1.165) is 0 Å². The predicted molar refractivity (Wildman–Crippen MR) is 78.9 cm³/mol. The molecule has 0 radical (unpaired) electrons. The van der Waals surface area contributed by atoms with Gasteiger partial charge in [0.15, 0.2) is 0 Å². The van der Waals surface area contributed by atoms with E-state index in [1.165, 1.54) is 0 Å². The summed E-state index contributed by atoms with van der Waals surface area (Å²) >= 11 is 3.05. The zero-order valence-corrected chi connectivity index (χ0v) is 14.0. The highest BCUT2D eigenvalue weighted by atomic mass is 79.9. The van der Waals surface area contributed by atoms with Crippen molar-refractivity contribution in [2.45, 2.75) is 32.8 Å². The Bertz CT molecular complexity index is 291. The van der Waals surface area contributed by atoms with Gasteiger partial charge in [0, 0.05) is 6.54 Å². The van der Waals surface area contributed by atoms with Crippen molar-refractivity contribution in [3.05, 3.63) is 0 Å². The van der Waals surface area contributed by atoms with Crippen LogP contribution in [-0.4, -0.2) is 55.8 Å². The molecule has 0 aromatic rings. The number of amides is 1. The van der Waals surface area contributed by atoms with Crippen LogP contribution >= 0.6 is 15.9 Å². The number of nitrogens with one attached hydrogen (secondary N) is 1. The number of halogens is 1. The highest BCUT2D eigenvalue weighted by molar-refractivity contribution is 9.09. The van der Waals surface area contributed by atoms with Crippen LogP contribution in [0.1, 0.15) is 27.2 Å². The number of hydrogen-bond donors (Lipinski definition) is 1. The summed E-state index contributed by atoms with van der Waals surface area (Å²) in [6, 6.07) is 0. The van der Waals surface area contributed by atoms with Gasteiger partial charge in [-0.2, -0.15) is 0 Å². The molecule has 0 heterocycles. The minimum absolute atomic E-state index is 0.0674. The Balaban J connectivity index is 3.29. The smallest absolute Gasteiger partial charge is 0.308 e. The van der Waals surface area contributed by atoms with Gasteiger partial charge in [0.05, 0.1) is 38.2 Å². The molecule has 0 rings (SSSR count). The third-order valence-corrected chi connectivity index (χ3v) is 2.44. The number of hydrogen-bond acceptors (Lipinski definition) is 5. The van der Waals surface area contributed by atoms with Gasteiger partial charge in [-0.05, 0) is 20.8 Å². The van der Waals surface area contributed by atoms with Crippen LogP contribution in [0.5, 0.6) is 0 Å².